The van der Waals surface area contributed by atoms with E-state index < -0.39 is 12.3 Å². The predicted octanol–water partition coefficient (Wildman–Crippen LogP) is 3.80. The highest BCUT2D eigenvalue weighted by molar-refractivity contribution is 7.22. The van der Waals surface area contributed by atoms with Crippen molar-refractivity contribution in [3.63, 3.8) is 0 Å². The molecule has 0 atom stereocenters. The van der Waals surface area contributed by atoms with Crippen LogP contribution in [0.3, 0.4) is 0 Å². The van der Waals surface area contributed by atoms with Crippen molar-refractivity contribution in [2.75, 3.05) is 32.2 Å². The maximum Gasteiger partial charge on any atom is 0.241 e. The number of aromatic nitrogens is 1. The maximum atomic E-state index is 12.8. The number of benzene rings is 1. The number of anilines is 1. The molecule has 4 nitrogen and oxygen atoms in total. The average molecular weight is 328 g/mol. The highest BCUT2D eigenvalue weighted by atomic mass is 32.1. The lowest BCUT2D eigenvalue weighted by Crippen LogP contribution is -2.35. The van der Waals surface area contributed by atoms with Crippen LogP contribution < -0.4 is 14.4 Å². The van der Waals surface area contributed by atoms with Gasteiger partial charge in [-0.2, -0.15) is 0 Å². The molecule has 1 aliphatic heterocycles. The zero-order valence-electron chi connectivity index (χ0n) is 12.5. The summed E-state index contributed by atoms with van der Waals surface area (Å²) < 4.78 is 37.1. The summed E-state index contributed by atoms with van der Waals surface area (Å²) in [6.07, 6.45) is -1.22. The van der Waals surface area contributed by atoms with E-state index in [9.17, 15) is 8.78 Å². The first kappa shape index (κ1) is 15.3. The average Bonchev–Trinajstić information content (AvgIpc) is 2.99. The summed E-state index contributed by atoms with van der Waals surface area (Å²) in [5.74, 6) is 0.956. The van der Waals surface area contributed by atoms with Gasteiger partial charge in [0.05, 0.1) is 14.2 Å². The minimum Gasteiger partial charge on any atom is -0.495 e. The van der Waals surface area contributed by atoms with E-state index in [2.05, 4.69) is 9.88 Å². The van der Waals surface area contributed by atoms with E-state index in [-0.39, 0.29) is 0 Å². The molecule has 0 spiro atoms. The largest absolute Gasteiger partial charge is 0.495 e. The van der Waals surface area contributed by atoms with Crippen molar-refractivity contribution in [2.45, 2.75) is 19.3 Å². The third-order valence-corrected chi connectivity index (χ3v) is 5.20. The van der Waals surface area contributed by atoms with Crippen molar-refractivity contribution >= 4 is 26.7 Å². The second-order valence-corrected chi connectivity index (χ2v) is 6.28. The van der Waals surface area contributed by atoms with Gasteiger partial charge in [0.25, 0.3) is 0 Å². The molecule has 1 saturated heterocycles. The smallest absolute Gasteiger partial charge is 0.241 e. The fraction of sp³-hybridized carbons (Fsp3) is 0.533. The van der Waals surface area contributed by atoms with Crippen LogP contribution in [0.5, 0.6) is 11.5 Å². The van der Waals surface area contributed by atoms with E-state index in [1.807, 2.05) is 12.1 Å². The molecule has 0 N–H and O–H groups in total. The number of hydrogen-bond donors (Lipinski definition) is 0. The monoisotopic (exact) mass is 328 g/mol. The quantitative estimate of drug-likeness (QED) is 0.855. The maximum absolute atomic E-state index is 12.8. The van der Waals surface area contributed by atoms with Crippen LogP contribution in [0, 0.1) is 5.92 Å². The second-order valence-electron chi connectivity index (χ2n) is 5.30. The second kappa shape index (κ2) is 6.24. The van der Waals surface area contributed by atoms with Crippen LogP contribution in [-0.2, 0) is 0 Å². The first-order valence-electron chi connectivity index (χ1n) is 7.18. The van der Waals surface area contributed by atoms with E-state index >= 15 is 0 Å². The van der Waals surface area contributed by atoms with E-state index in [4.69, 9.17) is 9.47 Å². The number of rotatable bonds is 4. The number of halogens is 2. The van der Waals surface area contributed by atoms with Gasteiger partial charge in [-0.25, -0.2) is 13.8 Å². The summed E-state index contributed by atoms with van der Waals surface area (Å²) in [5.41, 5.74) is 0.762. The number of nitrogens with zero attached hydrogens (tertiary/aromatic N) is 2. The Balaban J connectivity index is 1.89. The Morgan fingerprint density at radius 3 is 2.41 bits per heavy atom. The molecule has 0 aliphatic carbocycles. The first-order valence-corrected chi connectivity index (χ1v) is 8.00. The van der Waals surface area contributed by atoms with Crippen molar-refractivity contribution in [3.8, 4) is 11.5 Å². The van der Waals surface area contributed by atoms with Gasteiger partial charge < -0.3 is 14.4 Å². The Bertz CT molecular complexity index is 613. The highest BCUT2D eigenvalue weighted by Crippen LogP contribution is 2.41. The number of ether oxygens (including phenoxy) is 2. The molecule has 1 aromatic carbocycles. The van der Waals surface area contributed by atoms with Gasteiger partial charge in [0.1, 0.15) is 21.7 Å². The standard InChI is InChI=1S/C15H18F2N2O2S/c1-20-10-3-4-11(21-2)13-12(10)18-15(22-13)19-7-5-9(6-8-19)14(16)17/h3-4,9,14H,5-8H2,1-2H3. The van der Waals surface area contributed by atoms with Crippen molar-refractivity contribution in [1.29, 1.82) is 0 Å². The summed E-state index contributed by atoms with van der Waals surface area (Å²) in [6, 6.07) is 3.68. The fourth-order valence-electron chi connectivity index (χ4n) is 2.75. The van der Waals surface area contributed by atoms with Crippen LogP contribution in [0.15, 0.2) is 12.1 Å². The SMILES string of the molecule is COc1ccc(OC)c2sc(N3CCC(C(F)F)CC3)nc12. The lowest BCUT2D eigenvalue weighted by molar-refractivity contribution is 0.0636. The van der Waals surface area contributed by atoms with Gasteiger partial charge in [0.15, 0.2) is 5.13 Å². The third-order valence-electron chi connectivity index (χ3n) is 4.07. The number of thiazole rings is 1. The molecule has 2 aromatic rings. The van der Waals surface area contributed by atoms with Crippen LogP contribution in [-0.4, -0.2) is 38.7 Å². The Hall–Kier alpha value is -1.63. The summed E-state index contributed by atoms with van der Waals surface area (Å²) in [6.45, 7) is 1.22. The zero-order chi connectivity index (χ0) is 15.7. The molecule has 22 heavy (non-hydrogen) atoms. The molecule has 1 aromatic heterocycles. The van der Waals surface area contributed by atoms with Crippen LogP contribution >= 0.6 is 11.3 Å². The van der Waals surface area contributed by atoms with Gasteiger partial charge in [0, 0.05) is 19.0 Å². The zero-order valence-corrected chi connectivity index (χ0v) is 13.3. The van der Waals surface area contributed by atoms with E-state index in [0.717, 1.165) is 21.1 Å². The Kier molecular flexibility index (Phi) is 4.33. The van der Waals surface area contributed by atoms with Gasteiger partial charge >= 0.3 is 0 Å². The third kappa shape index (κ3) is 2.69. The minimum absolute atomic E-state index is 0.491. The first-order chi connectivity index (χ1) is 10.6. The topological polar surface area (TPSA) is 34.6 Å². The lowest BCUT2D eigenvalue weighted by Gasteiger charge is -2.31. The van der Waals surface area contributed by atoms with Crippen molar-refractivity contribution in [2.24, 2.45) is 5.92 Å². The normalized spacial score (nSPS) is 16.5. The van der Waals surface area contributed by atoms with Crippen LogP contribution in [0.25, 0.3) is 10.2 Å². The number of piperidine rings is 1. The molecule has 0 saturated carbocycles. The molecule has 3 rings (SSSR count). The number of alkyl halides is 2. The molecule has 1 fully saturated rings. The fourth-order valence-corrected chi connectivity index (χ4v) is 3.88. The van der Waals surface area contributed by atoms with Gasteiger partial charge in [-0.05, 0) is 25.0 Å². The highest BCUT2D eigenvalue weighted by Gasteiger charge is 2.28. The molecule has 0 amide bonds. The molecule has 0 bridgehead atoms. The van der Waals surface area contributed by atoms with Crippen molar-refractivity contribution in [3.05, 3.63) is 12.1 Å². The molecular weight excluding hydrogens is 310 g/mol. The summed E-state index contributed by atoms with van der Waals surface area (Å²) in [7, 11) is 3.23. The summed E-state index contributed by atoms with van der Waals surface area (Å²) >= 11 is 1.52. The van der Waals surface area contributed by atoms with E-state index in [1.54, 1.807) is 14.2 Å². The molecule has 1 aliphatic rings. The molecule has 0 radical (unpaired) electrons. The Morgan fingerprint density at radius 1 is 1.18 bits per heavy atom. The van der Waals surface area contributed by atoms with Crippen LogP contribution in [0.2, 0.25) is 0 Å². The number of hydrogen-bond acceptors (Lipinski definition) is 5. The Labute approximate surface area is 131 Å². The molecular formula is C15H18F2N2O2S. The van der Waals surface area contributed by atoms with Gasteiger partial charge in [-0.1, -0.05) is 11.3 Å². The molecule has 2 heterocycles. The molecule has 7 heteroatoms. The molecule has 0 unspecified atom stereocenters. The van der Waals surface area contributed by atoms with Gasteiger partial charge in [-0.15, -0.1) is 0 Å². The summed E-state index contributed by atoms with van der Waals surface area (Å²) in [4.78, 5) is 6.71. The lowest BCUT2D eigenvalue weighted by atomic mass is 9.98. The van der Waals surface area contributed by atoms with Gasteiger partial charge in [0.2, 0.25) is 6.43 Å². The number of fused-ring (bicyclic) bond motifs is 1. The van der Waals surface area contributed by atoms with Crippen LogP contribution in [0.4, 0.5) is 13.9 Å². The number of methoxy groups -OCH3 is 2. The van der Waals surface area contributed by atoms with E-state index in [0.29, 0.717) is 31.7 Å². The predicted molar refractivity (Wildman–Crippen MR) is 83.7 cm³/mol. The molecule has 120 valence electrons. The van der Waals surface area contributed by atoms with Crippen LogP contribution in [0.1, 0.15) is 12.8 Å². The van der Waals surface area contributed by atoms with Crippen molar-refractivity contribution < 1.29 is 18.3 Å². The van der Waals surface area contributed by atoms with Crippen molar-refractivity contribution in [1.82, 2.24) is 4.98 Å². The van der Waals surface area contributed by atoms with E-state index in [1.165, 1.54) is 11.3 Å². The minimum atomic E-state index is -2.22. The summed E-state index contributed by atoms with van der Waals surface area (Å²) in [5, 5.41) is 0.838. The Morgan fingerprint density at radius 2 is 1.82 bits per heavy atom. The van der Waals surface area contributed by atoms with Gasteiger partial charge in [-0.3, -0.25) is 0 Å².